The maximum atomic E-state index is 12.5. The lowest BCUT2D eigenvalue weighted by molar-refractivity contribution is 0.102. The van der Waals surface area contributed by atoms with E-state index in [0.29, 0.717) is 34.3 Å². The first kappa shape index (κ1) is 18.9. The highest BCUT2D eigenvalue weighted by atomic mass is 16.5. The van der Waals surface area contributed by atoms with Crippen molar-refractivity contribution in [2.45, 2.75) is 0 Å². The van der Waals surface area contributed by atoms with Crippen LogP contribution in [0, 0.1) is 0 Å². The molecule has 0 aliphatic rings. The van der Waals surface area contributed by atoms with Gasteiger partial charge in [-0.05, 0) is 48.0 Å². The van der Waals surface area contributed by atoms with Crippen LogP contribution in [0.3, 0.4) is 0 Å². The van der Waals surface area contributed by atoms with Crippen LogP contribution in [0.4, 0.5) is 17.2 Å². The van der Waals surface area contributed by atoms with E-state index in [1.807, 2.05) is 12.1 Å². The van der Waals surface area contributed by atoms with E-state index in [-0.39, 0.29) is 5.91 Å². The number of nitrogen functional groups attached to an aromatic ring is 1. The predicted molar refractivity (Wildman–Crippen MR) is 110 cm³/mol. The third-order valence-electron chi connectivity index (χ3n) is 3.98. The molecule has 7 nitrogen and oxygen atoms in total. The Morgan fingerprint density at radius 1 is 1.07 bits per heavy atom. The van der Waals surface area contributed by atoms with Gasteiger partial charge in [0.15, 0.2) is 11.5 Å². The van der Waals surface area contributed by atoms with E-state index in [0.717, 1.165) is 5.56 Å². The molecule has 142 valence electrons. The lowest BCUT2D eigenvalue weighted by Crippen LogP contribution is -2.12. The number of hydrogen-bond acceptors (Lipinski definition) is 6. The van der Waals surface area contributed by atoms with E-state index >= 15 is 0 Å². The summed E-state index contributed by atoms with van der Waals surface area (Å²) in [5.74, 6) is 1.19. The minimum absolute atomic E-state index is 0.245. The first-order valence-corrected chi connectivity index (χ1v) is 8.48. The van der Waals surface area contributed by atoms with Crippen molar-refractivity contribution in [2.75, 3.05) is 25.3 Å². The van der Waals surface area contributed by atoms with Gasteiger partial charge >= 0.3 is 0 Å². The Bertz CT molecular complexity index is 1000. The topological polar surface area (TPSA) is 98.8 Å². The molecule has 0 fully saturated rings. The highest BCUT2D eigenvalue weighted by molar-refractivity contribution is 6.04. The van der Waals surface area contributed by atoms with E-state index in [1.165, 1.54) is 7.11 Å². The number of carbonyl (C=O) groups excluding carboxylic acids is 1. The molecular weight excluding hydrogens is 356 g/mol. The zero-order valence-electron chi connectivity index (χ0n) is 15.5. The molecule has 2 aromatic carbocycles. The van der Waals surface area contributed by atoms with Gasteiger partial charge in [0.25, 0.3) is 5.91 Å². The van der Waals surface area contributed by atoms with Gasteiger partial charge in [0.05, 0.1) is 14.2 Å². The van der Waals surface area contributed by atoms with Gasteiger partial charge in [-0.2, -0.15) is 0 Å². The van der Waals surface area contributed by atoms with Crippen molar-refractivity contribution in [3.05, 3.63) is 71.9 Å². The van der Waals surface area contributed by atoms with Crippen LogP contribution < -0.4 is 20.5 Å². The molecule has 28 heavy (non-hydrogen) atoms. The van der Waals surface area contributed by atoms with Crippen LogP contribution >= 0.6 is 0 Å². The third-order valence-corrected chi connectivity index (χ3v) is 3.98. The van der Waals surface area contributed by atoms with Crippen LogP contribution in [0.1, 0.15) is 15.9 Å². The van der Waals surface area contributed by atoms with Gasteiger partial charge in [-0.25, -0.2) is 4.98 Å². The zero-order valence-corrected chi connectivity index (χ0v) is 15.5. The Kier molecular flexibility index (Phi) is 5.86. The van der Waals surface area contributed by atoms with Gasteiger partial charge in [-0.15, -0.1) is 0 Å². The number of anilines is 2. The van der Waals surface area contributed by atoms with E-state index in [1.54, 1.807) is 62.0 Å². The number of nitrogens with one attached hydrogen (secondary N) is 1. The Morgan fingerprint density at radius 2 is 1.82 bits per heavy atom. The van der Waals surface area contributed by atoms with Gasteiger partial charge in [0, 0.05) is 23.7 Å². The highest BCUT2D eigenvalue weighted by Gasteiger charge is 2.11. The van der Waals surface area contributed by atoms with Crippen molar-refractivity contribution in [2.24, 2.45) is 4.99 Å². The van der Waals surface area contributed by atoms with Gasteiger partial charge in [0.2, 0.25) is 0 Å². The van der Waals surface area contributed by atoms with E-state index in [2.05, 4.69) is 15.3 Å². The second-order valence-electron chi connectivity index (χ2n) is 5.81. The predicted octanol–water partition coefficient (Wildman–Crippen LogP) is 3.68. The number of nitrogens with zero attached hydrogens (tertiary/aromatic N) is 2. The molecule has 3 rings (SSSR count). The van der Waals surface area contributed by atoms with Crippen molar-refractivity contribution in [3.8, 4) is 11.5 Å². The molecule has 0 bridgehead atoms. The summed E-state index contributed by atoms with van der Waals surface area (Å²) < 4.78 is 10.4. The molecule has 0 aliphatic carbocycles. The Morgan fingerprint density at radius 3 is 2.50 bits per heavy atom. The number of hydrogen-bond donors (Lipinski definition) is 2. The first-order valence-electron chi connectivity index (χ1n) is 8.48. The molecule has 1 heterocycles. The van der Waals surface area contributed by atoms with Crippen LogP contribution in [0.25, 0.3) is 0 Å². The average Bonchev–Trinajstić information content (AvgIpc) is 2.73. The monoisotopic (exact) mass is 376 g/mol. The average molecular weight is 376 g/mol. The van der Waals surface area contributed by atoms with Crippen LogP contribution in [0.2, 0.25) is 0 Å². The van der Waals surface area contributed by atoms with E-state index in [4.69, 9.17) is 15.2 Å². The number of nitrogens with two attached hydrogens (primary N) is 1. The maximum absolute atomic E-state index is 12.5. The normalized spacial score (nSPS) is 10.6. The van der Waals surface area contributed by atoms with Gasteiger partial charge in [0.1, 0.15) is 11.5 Å². The number of carbonyl (C=O) groups is 1. The molecule has 0 aliphatic heterocycles. The van der Waals surface area contributed by atoms with Crippen molar-refractivity contribution >= 4 is 29.3 Å². The molecule has 1 aromatic heterocycles. The lowest BCUT2D eigenvalue weighted by Gasteiger charge is -2.10. The van der Waals surface area contributed by atoms with Crippen molar-refractivity contribution < 1.29 is 14.3 Å². The Labute approximate surface area is 162 Å². The lowest BCUT2D eigenvalue weighted by atomic mass is 10.1. The number of rotatable bonds is 6. The molecule has 3 N–H and O–H groups in total. The zero-order chi connectivity index (χ0) is 19.9. The molecule has 7 heteroatoms. The fraction of sp³-hybridized carbons (Fsp3) is 0.0952. The summed E-state index contributed by atoms with van der Waals surface area (Å²) in [6.45, 7) is 0. The van der Waals surface area contributed by atoms with E-state index < -0.39 is 0 Å². The third kappa shape index (κ3) is 4.45. The summed E-state index contributed by atoms with van der Waals surface area (Å²) >= 11 is 0. The second-order valence-corrected chi connectivity index (χ2v) is 5.81. The summed E-state index contributed by atoms with van der Waals surface area (Å²) in [6.07, 6.45) is 3.30. The fourth-order valence-electron chi connectivity index (χ4n) is 2.50. The minimum atomic E-state index is -0.245. The summed E-state index contributed by atoms with van der Waals surface area (Å²) in [5.41, 5.74) is 8.37. The fourth-order valence-corrected chi connectivity index (χ4v) is 2.50. The van der Waals surface area contributed by atoms with Crippen molar-refractivity contribution in [1.29, 1.82) is 0 Å². The summed E-state index contributed by atoms with van der Waals surface area (Å²) in [4.78, 5) is 20.8. The van der Waals surface area contributed by atoms with Crippen LogP contribution in [0.15, 0.2) is 65.8 Å². The number of methoxy groups -OCH3 is 2. The molecule has 0 saturated carbocycles. The van der Waals surface area contributed by atoms with E-state index in [9.17, 15) is 4.79 Å². The Balaban J connectivity index is 1.69. The molecule has 0 unspecified atom stereocenters. The molecule has 1 amide bonds. The number of ether oxygens (including phenoxy) is 2. The van der Waals surface area contributed by atoms with Crippen molar-refractivity contribution in [3.63, 3.8) is 0 Å². The molecule has 0 radical (unpaired) electrons. The molecule has 3 aromatic rings. The van der Waals surface area contributed by atoms with Crippen LogP contribution in [-0.4, -0.2) is 31.3 Å². The summed E-state index contributed by atoms with van der Waals surface area (Å²) in [7, 11) is 3.07. The van der Waals surface area contributed by atoms with Crippen LogP contribution in [-0.2, 0) is 0 Å². The second kappa shape index (κ2) is 8.68. The number of pyridine rings is 1. The summed E-state index contributed by atoms with van der Waals surface area (Å²) in [5, 5.41) is 2.85. The number of aromatic nitrogens is 1. The number of benzene rings is 2. The minimum Gasteiger partial charge on any atom is -0.493 e. The van der Waals surface area contributed by atoms with Crippen molar-refractivity contribution in [1.82, 2.24) is 4.98 Å². The Hall–Kier alpha value is -3.87. The maximum Gasteiger partial charge on any atom is 0.255 e. The largest absolute Gasteiger partial charge is 0.493 e. The summed E-state index contributed by atoms with van der Waals surface area (Å²) in [6, 6.07) is 15.9. The smallest absolute Gasteiger partial charge is 0.255 e. The molecule has 0 spiro atoms. The SMILES string of the molecule is COc1ccc(C(=O)Nc2ccc(C=Nc3cccnc3N)cc2)cc1OC. The molecule has 0 saturated heterocycles. The highest BCUT2D eigenvalue weighted by Crippen LogP contribution is 2.28. The van der Waals surface area contributed by atoms with Gasteiger partial charge in [-0.3, -0.25) is 9.79 Å². The number of amides is 1. The molecular formula is C21H20N4O3. The number of aliphatic imine (C=N–C) groups is 1. The standard InChI is InChI=1S/C21H20N4O3/c1-27-18-10-7-15(12-19(18)28-2)21(26)25-16-8-5-14(6-9-16)13-24-17-4-3-11-23-20(17)22/h3-13H,1-2H3,(H2,22,23)(H,25,26). The van der Waals surface area contributed by atoms with Gasteiger partial charge in [-0.1, -0.05) is 12.1 Å². The quantitative estimate of drug-likeness (QED) is 0.639. The van der Waals surface area contributed by atoms with Crippen LogP contribution in [0.5, 0.6) is 11.5 Å². The first-order chi connectivity index (χ1) is 13.6. The van der Waals surface area contributed by atoms with Gasteiger partial charge < -0.3 is 20.5 Å². The molecule has 0 atom stereocenters.